The molecule has 1 aliphatic carbocycles. The molecule has 126 valence electrons. The third kappa shape index (κ3) is 4.27. The van der Waals surface area contributed by atoms with Crippen molar-refractivity contribution in [3.05, 3.63) is 34.9 Å². The van der Waals surface area contributed by atoms with Gasteiger partial charge in [0.2, 0.25) is 5.91 Å². The van der Waals surface area contributed by atoms with Gasteiger partial charge in [-0.05, 0) is 55.8 Å². The van der Waals surface area contributed by atoms with E-state index < -0.39 is 0 Å². The van der Waals surface area contributed by atoms with Crippen molar-refractivity contribution in [1.29, 1.82) is 0 Å². The predicted molar refractivity (Wildman–Crippen MR) is 94.6 cm³/mol. The third-order valence-corrected chi connectivity index (χ3v) is 5.44. The number of hydrogen-bond acceptors (Lipinski definition) is 2. The Morgan fingerprint density at radius 1 is 1.17 bits per heavy atom. The topological polar surface area (TPSA) is 32.3 Å². The molecule has 0 radical (unpaired) electrons. The third-order valence-electron chi connectivity index (χ3n) is 5.19. The molecule has 1 amide bonds. The number of amides is 1. The zero-order chi connectivity index (χ0) is 16.2. The summed E-state index contributed by atoms with van der Waals surface area (Å²) in [4.78, 5) is 15.4. The SMILES string of the molecule is C[C@@H]1CCCN([C@@H](C(=O)NC2CCCC2)c2ccc(Cl)cc2)C1. The summed E-state index contributed by atoms with van der Waals surface area (Å²) in [7, 11) is 0. The number of rotatable bonds is 4. The molecule has 4 heteroatoms. The van der Waals surface area contributed by atoms with Crippen LogP contribution in [0.25, 0.3) is 0 Å². The fourth-order valence-corrected chi connectivity index (χ4v) is 4.11. The normalized spacial score (nSPS) is 24.5. The summed E-state index contributed by atoms with van der Waals surface area (Å²) in [6.07, 6.45) is 7.13. The summed E-state index contributed by atoms with van der Waals surface area (Å²) in [5, 5.41) is 4.01. The van der Waals surface area contributed by atoms with Crippen molar-refractivity contribution in [1.82, 2.24) is 10.2 Å². The van der Waals surface area contributed by atoms with Crippen molar-refractivity contribution < 1.29 is 4.79 Å². The van der Waals surface area contributed by atoms with Crippen molar-refractivity contribution in [2.75, 3.05) is 13.1 Å². The molecule has 2 fully saturated rings. The molecule has 1 aliphatic heterocycles. The Hall–Kier alpha value is -1.06. The Balaban J connectivity index is 1.79. The highest BCUT2D eigenvalue weighted by molar-refractivity contribution is 6.30. The number of nitrogens with one attached hydrogen (secondary N) is 1. The summed E-state index contributed by atoms with van der Waals surface area (Å²) >= 11 is 6.03. The van der Waals surface area contributed by atoms with Gasteiger partial charge in [0.25, 0.3) is 0 Å². The van der Waals surface area contributed by atoms with Gasteiger partial charge in [-0.15, -0.1) is 0 Å². The largest absolute Gasteiger partial charge is 0.352 e. The average Bonchev–Trinajstić information content (AvgIpc) is 3.02. The molecule has 1 N–H and O–H groups in total. The lowest BCUT2D eigenvalue weighted by atomic mass is 9.95. The number of hydrogen-bond donors (Lipinski definition) is 1. The highest BCUT2D eigenvalue weighted by atomic mass is 35.5. The van der Waals surface area contributed by atoms with Crippen LogP contribution >= 0.6 is 11.6 Å². The lowest BCUT2D eigenvalue weighted by Gasteiger charge is -2.37. The van der Waals surface area contributed by atoms with E-state index in [9.17, 15) is 4.79 Å². The molecule has 0 aromatic heterocycles. The van der Waals surface area contributed by atoms with Crippen LogP contribution in [0.5, 0.6) is 0 Å². The maximum atomic E-state index is 13.0. The summed E-state index contributed by atoms with van der Waals surface area (Å²) in [5.41, 5.74) is 1.05. The number of piperidine rings is 1. The Bertz CT molecular complexity index is 525. The minimum atomic E-state index is -0.185. The molecule has 0 spiro atoms. The van der Waals surface area contributed by atoms with Crippen LogP contribution in [0, 0.1) is 5.92 Å². The molecular weight excluding hydrogens is 308 g/mol. The standard InChI is InChI=1S/C19H27ClN2O/c1-14-5-4-12-22(13-14)18(15-8-10-16(20)11-9-15)19(23)21-17-6-2-3-7-17/h8-11,14,17-18H,2-7,12-13H2,1H3,(H,21,23)/t14-,18-/m1/s1. The zero-order valence-corrected chi connectivity index (χ0v) is 14.7. The second-order valence-electron chi connectivity index (χ2n) is 7.19. The minimum absolute atomic E-state index is 0.160. The molecule has 1 aromatic rings. The van der Waals surface area contributed by atoms with E-state index in [0.29, 0.717) is 12.0 Å². The number of nitrogens with zero attached hydrogens (tertiary/aromatic N) is 1. The molecule has 1 aromatic carbocycles. The van der Waals surface area contributed by atoms with Gasteiger partial charge in [-0.3, -0.25) is 9.69 Å². The molecule has 1 saturated heterocycles. The first kappa shape index (κ1) is 16.8. The Morgan fingerprint density at radius 2 is 1.87 bits per heavy atom. The Kier molecular flexibility index (Phi) is 5.60. The smallest absolute Gasteiger partial charge is 0.242 e. The summed E-state index contributed by atoms with van der Waals surface area (Å²) in [5.74, 6) is 0.811. The molecule has 3 nitrogen and oxygen atoms in total. The number of carbonyl (C=O) groups excluding carboxylic acids is 1. The second-order valence-corrected chi connectivity index (χ2v) is 7.62. The molecular formula is C19H27ClN2O. The molecule has 1 saturated carbocycles. The Labute approximate surface area is 144 Å². The fraction of sp³-hybridized carbons (Fsp3) is 0.632. The average molecular weight is 335 g/mol. The quantitative estimate of drug-likeness (QED) is 0.896. The first-order chi connectivity index (χ1) is 11.1. The van der Waals surface area contributed by atoms with Crippen molar-refractivity contribution >= 4 is 17.5 Å². The van der Waals surface area contributed by atoms with E-state index in [-0.39, 0.29) is 11.9 Å². The second kappa shape index (κ2) is 7.67. The van der Waals surface area contributed by atoms with Gasteiger partial charge in [0.1, 0.15) is 6.04 Å². The molecule has 23 heavy (non-hydrogen) atoms. The number of halogens is 1. The van der Waals surface area contributed by atoms with Gasteiger partial charge in [-0.25, -0.2) is 0 Å². The van der Waals surface area contributed by atoms with Gasteiger partial charge in [0.05, 0.1) is 0 Å². The van der Waals surface area contributed by atoms with Crippen LogP contribution < -0.4 is 5.32 Å². The van der Waals surface area contributed by atoms with Crippen molar-refractivity contribution in [3.63, 3.8) is 0 Å². The van der Waals surface area contributed by atoms with Gasteiger partial charge < -0.3 is 5.32 Å². The lowest BCUT2D eigenvalue weighted by Crippen LogP contribution is -2.46. The highest BCUT2D eigenvalue weighted by Crippen LogP contribution is 2.29. The van der Waals surface area contributed by atoms with Crippen LogP contribution in [0.2, 0.25) is 5.02 Å². The first-order valence-corrected chi connectivity index (χ1v) is 9.31. The van der Waals surface area contributed by atoms with Crippen LogP contribution in [0.3, 0.4) is 0 Å². The van der Waals surface area contributed by atoms with Gasteiger partial charge in [0, 0.05) is 17.6 Å². The summed E-state index contributed by atoms with van der Waals surface area (Å²) < 4.78 is 0. The molecule has 2 aliphatic rings. The number of likely N-dealkylation sites (tertiary alicyclic amines) is 1. The minimum Gasteiger partial charge on any atom is -0.352 e. The van der Waals surface area contributed by atoms with Crippen LogP contribution in [-0.4, -0.2) is 29.9 Å². The van der Waals surface area contributed by atoms with Gasteiger partial charge >= 0.3 is 0 Å². The van der Waals surface area contributed by atoms with Crippen LogP contribution in [-0.2, 0) is 4.79 Å². The van der Waals surface area contributed by atoms with E-state index in [1.165, 1.54) is 25.7 Å². The van der Waals surface area contributed by atoms with Gasteiger partial charge in [-0.1, -0.05) is 43.5 Å². The van der Waals surface area contributed by atoms with Crippen molar-refractivity contribution in [2.24, 2.45) is 5.92 Å². The summed E-state index contributed by atoms with van der Waals surface area (Å²) in [6, 6.07) is 7.96. The van der Waals surface area contributed by atoms with Crippen molar-refractivity contribution in [2.45, 2.75) is 57.5 Å². The Morgan fingerprint density at radius 3 is 2.52 bits per heavy atom. The number of benzene rings is 1. The molecule has 0 unspecified atom stereocenters. The van der Waals surface area contributed by atoms with E-state index in [1.807, 2.05) is 24.3 Å². The van der Waals surface area contributed by atoms with Crippen LogP contribution in [0.1, 0.15) is 57.1 Å². The van der Waals surface area contributed by atoms with Crippen molar-refractivity contribution in [3.8, 4) is 0 Å². The molecule has 3 rings (SSSR count). The first-order valence-electron chi connectivity index (χ1n) is 8.93. The van der Waals surface area contributed by atoms with E-state index in [2.05, 4.69) is 17.1 Å². The van der Waals surface area contributed by atoms with E-state index in [1.54, 1.807) is 0 Å². The van der Waals surface area contributed by atoms with Crippen LogP contribution in [0.15, 0.2) is 24.3 Å². The van der Waals surface area contributed by atoms with E-state index >= 15 is 0 Å². The van der Waals surface area contributed by atoms with E-state index in [4.69, 9.17) is 11.6 Å². The maximum Gasteiger partial charge on any atom is 0.242 e. The predicted octanol–water partition coefficient (Wildman–Crippen LogP) is 4.17. The lowest BCUT2D eigenvalue weighted by molar-refractivity contribution is -0.128. The molecule has 2 atom stereocenters. The van der Waals surface area contributed by atoms with Gasteiger partial charge in [0.15, 0.2) is 0 Å². The monoisotopic (exact) mass is 334 g/mol. The molecule has 0 bridgehead atoms. The van der Waals surface area contributed by atoms with E-state index in [0.717, 1.165) is 36.5 Å². The number of carbonyl (C=O) groups is 1. The zero-order valence-electron chi connectivity index (χ0n) is 13.9. The highest BCUT2D eigenvalue weighted by Gasteiger charge is 2.32. The fourth-order valence-electron chi connectivity index (χ4n) is 3.98. The van der Waals surface area contributed by atoms with Crippen LogP contribution in [0.4, 0.5) is 0 Å². The maximum absolute atomic E-state index is 13.0. The van der Waals surface area contributed by atoms with Gasteiger partial charge in [-0.2, -0.15) is 0 Å². The molecule has 1 heterocycles. The summed E-state index contributed by atoms with van der Waals surface area (Å²) in [6.45, 7) is 4.26.